The first kappa shape index (κ1) is 19.6. The molecule has 1 saturated carbocycles. The van der Waals surface area contributed by atoms with E-state index in [2.05, 4.69) is 43.0 Å². The maximum absolute atomic E-state index is 12.4. The highest BCUT2D eigenvalue weighted by Gasteiger charge is 2.27. The van der Waals surface area contributed by atoms with Crippen LogP contribution < -0.4 is 10.6 Å². The summed E-state index contributed by atoms with van der Waals surface area (Å²) in [7, 11) is 0. The zero-order valence-corrected chi connectivity index (χ0v) is 16.2. The van der Waals surface area contributed by atoms with E-state index in [4.69, 9.17) is 0 Å². The van der Waals surface area contributed by atoms with Gasteiger partial charge in [0.2, 0.25) is 11.8 Å². The molecule has 25 heavy (non-hydrogen) atoms. The smallest absolute Gasteiger partial charge is 0.243 e. The molecule has 2 atom stereocenters. The Kier molecular flexibility index (Phi) is 6.76. The van der Waals surface area contributed by atoms with E-state index in [9.17, 15) is 9.59 Å². The second-order valence-corrected chi connectivity index (χ2v) is 8.60. The highest BCUT2D eigenvalue weighted by molar-refractivity contribution is 7.09. The molecule has 0 saturated heterocycles. The van der Waals surface area contributed by atoms with Gasteiger partial charge in [-0.25, -0.2) is 4.98 Å². The number of nitrogens with zero attached hydrogens (tertiary/aromatic N) is 1. The van der Waals surface area contributed by atoms with Crippen LogP contribution in [0.5, 0.6) is 0 Å². The van der Waals surface area contributed by atoms with Crippen LogP contribution in [0.25, 0.3) is 0 Å². The Labute approximate surface area is 154 Å². The highest BCUT2D eigenvalue weighted by atomic mass is 32.1. The van der Waals surface area contributed by atoms with E-state index in [1.807, 2.05) is 5.38 Å². The molecule has 1 aromatic heterocycles. The lowest BCUT2D eigenvalue weighted by Crippen LogP contribution is -2.46. The molecule has 0 spiro atoms. The van der Waals surface area contributed by atoms with Gasteiger partial charge in [-0.3, -0.25) is 9.59 Å². The molecule has 2 unspecified atom stereocenters. The first-order valence-corrected chi connectivity index (χ1v) is 9.82. The summed E-state index contributed by atoms with van der Waals surface area (Å²) in [4.78, 5) is 28.4. The van der Waals surface area contributed by atoms with Crippen molar-refractivity contribution in [3.05, 3.63) is 28.7 Å². The fourth-order valence-corrected chi connectivity index (χ4v) is 4.01. The number of hydrogen-bond acceptors (Lipinski definition) is 4. The van der Waals surface area contributed by atoms with Gasteiger partial charge in [-0.05, 0) is 24.8 Å². The molecule has 138 valence electrons. The van der Waals surface area contributed by atoms with Crippen molar-refractivity contribution in [2.24, 2.45) is 5.92 Å². The molecule has 0 radical (unpaired) electrons. The topological polar surface area (TPSA) is 71.1 Å². The molecular weight excluding hydrogens is 334 g/mol. The standard InChI is InChI=1S/C19H29N3O2S/c1-5-16(23)20-11-13-8-6-7-9-15(13)22-17(24)10-14-12-25-18(21-14)19(2,3)4/h5,12-13,15H,1,6-11H2,2-4H3,(H,20,23)(H,22,24). The Balaban J connectivity index is 1.89. The summed E-state index contributed by atoms with van der Waals surface area (Å²) in [6.45, 7) is 10.4. The van der Waals surface area contributed by atoms with Crippen molar-refractivity contribution in [2.75, 3.05) is 6.54 Å². The van der Waals surface area contributed by atoms with E-state index in [0.29, 0.717) is 13.0 Å². The quantitative estimate of drug-likeness (QED) is 0.763. The maximum Gasteiger partial charge on any atom is 0.243 e. The fraction of sp³-hybridized carbons (Fsp3) is 0.632. The molecule has 0 bridgehead atoms. The predicted molar refractivity (Wildman–Crippen MR) is 102 cm³/mol. The number of aromatic nitrogens is 1. The number of nitrogens with one attached hydrogen (secondary N) is 2. The molecule has 0 aromatic carbocycles. The SMILES string of the molecule is C=CC(=O)NCC1CCCCC1NC(=O)Cc1csc(C(C)(C)C)n1. The summed E-state index contributed by atoms with van der Waals surface area (Å²) in [5.74, 6) is 0.132. The third-order valence-corrected chi connectivity index (χ3v) is 5.83. The van der Waals surface area contributed by atoms with E-state index in [1.165, 1.54) is 6.08 Å². The summed E-state index contributed by atoms with van der Waals surface area (Å²) in [5.41, 5.74) is 0.844. The first-order valence-electron chi connectivity index (χ1n) is 8.94. The maximum atomic E-state index is 12.4. The number of amides is 2. The molecule has 6 heteroatoms. The largest absolute Gasteiger partial charge is 0.353 e. The van der Waals surface area contributed by atoms with E-state index in [0.717, 1.165) is 36.4 Å². The molecule has 1 aliphatic carbocycles. The van der Waals surface area contributed by atoms with Crippen LogP contribution >= 0.6 is 11.3 Å². The van der Waals surface area contributed by atoms with Crippen LogP contribution in [-0.2, 0) is 21.4 Å². The molecular formula is C19H29N3O2S. The second kappa shape index (κ2) is 8.61. The fourth-order valence-electron chi connectivity index (χ4n) is 3.10. The summed E-state index contributed by atoms with van der Waals surface area (Å²) >= 11 is 1.61. The Morgan fingerprint density at radius 1 is 1.36 bits per heavy atom. The Morgan fingerprint density at radius 2 is 2.08 bits per heavy atom. The van der Waals surface area contributed by atoms with Gasteiger partial charge >= 0.3 is 0 Å². The van der Waals surface area contributed by atoms with Gasteiger partial charge in [-0.2, -0.15) is 0 Å². The number of thiazole rings is 1. The van der Waals surface area contributed by atoms with Crippen molar-refractivity contribution in [3.8, 4) is 0 Å². The van der Waals surface area contributed by atoms with E-state index >= 15 is 0 Å². The van der Waals surface area contributed by atoms with E-state index < -0.39 is 0 Å². The average molecular weight is 364 g/mol. The van der Waals surface area contributed by atoms with Crippen molar-refractivity contribution < 1.29 is 9.59 Å². The van der Waals surface area contributed by atoms with E-state index in [1.54, 1.807) is 11.3 Å². The molecule has 1 aromatic rings. The lowest BCUT2D eigenvalue weighted by molar-refractivity contribution is -0.121. The third kappa shape index (κ3) is 5.96. The van der Waals surface area contributed by atoms with Crippen LogP contribution in [-0.4, -0.2) is 29.4 Å². The van der Waals surface area contributed by atoms with Crippen LogP contribution in [0.15, 0.2) is 18.0 Å². The molecule has 2 amide bonds. The van der Waals surface area contributed by atoms with Crippen molar-refractivity contribution in [1.29, 1.82) is 0 Å². The number of carbonyl (C=O) groups excluding carboxylic acids is 2. The van der Waals surface area contributed by atoms with Crippen molar-refractivity contribution in [2.45, 2.75) is 64.3 Å². The van der Waals surface area contributed by atoms with Crippen molar-refractivity contribution >= 4 is 23.2 Å². The monoisotopic (exact) mass is 363 g/mol. The van der Waals surface area contributed by atoms with E-state index in [-0.39, 0.29) is 29.2 Å². The summed E-state index contributed by atoms with van der Waals surface area (Å²) < 4.78 is 0. The lowest BCUT2D eigenvalue weighted by atomic mass is 9.84. The van der Waals surface area contributed by atoms with Crippen LogP contribution in [0.2, 0.25) is 0 Å². The Hall–Kier alpha value is -1.69. The minimum Gasteiger partial charge on any atom is -0.353 e. The van der Waals surface area contributed by atoms with Crippen LogP contribution in [0, 0.1) is 5.92 Å². The molecule has 1 heterocycles. The van der Waals surface area contributed by atoms with Crippen molar-refractivity contribution in [3.63, 3.8) is 0 Å². The van der Waals surface area contributed by atoms with Crippen LogP contribution in [0.3, 0.4) is 0 Å². The molecule has 1 fully saturated rings. The summed E-state index contributed by atoms with van der Waals surface area (Å²) in [5, 5.41) is 9.04. The van der Waals surface area contributed by atoms with Gasteiger partial charge < -0.3 is 10.6 Å². The van der Waals surface area contributed by atoms with Gasteiger partial charge in [-0.1, -0.05) is 40.2 Å². The van der Waals surface area contributed by atoms with Gasteiger partial charge in [0, 0.05) is 23.4 Å². The first-order chi connectivity index (χ1) is 11.8. The van der Waals surface area contributed by atoms with Gasteiger partial charge in [0.15, 0.2) is 0 Å². The van der Waals surface area contributed by atoms with Gasteiger partial charge in [0.05, 0.1) is 17.1 Å². The van der Waals surface area contributed by atoms with Crippen LogP contribution in [0.4, 0.5) is 0 Å². The highest BCUT2D eigenvalue weighted by Crippen LogP contribution is 2.26. The second-order valence-electron chi connectivity index (χ2n) is 7.74. The zero-order chi connectivity index (χ0) is 18.4. The molecule has 0 aliphatic heterocycles. The third-order valence-electron chi connectivity index (χ3n) is 4.51. The van der Waals surface area contributed by atoms with Crippen LogP contribution in [0.1, 0.15) is 57.2 Å². The lowest BCUT2D eigenvalue weighted by Gasteiger charge is -2.32. The molecule has 2 N–H and O–H groups in total. The van der Waals surface area contributed by atoms with Crippen molar-refractivity contribution in [1.82, 2.24) is 15.6 Å². The normalized spacial score (nSPS) is 20.8. The van der Waals surface area contributed by atoms with Gasteiger partial charge in [0.1, 0.15) is 0 Å². The Bertz CT molecular complexity index is 618. The molecule has 5 nitrogen and oxygen atoms in total. The average Bonchev–Trinajstić information content (AvgIpc) is 3.02. The zero-order valence-electron chi connectivity index (χ0n) is 15.4. The minimum atomic E-state index is -0.159. The number of carbonyl (C=O) groups is 2. The molecule has 2 rings (SSSR count). The predicted octanol–water partition coefficient (Wildman–Crippen LogP) is 2.96. The summed E-state index contributed by atoms with van der Waals surface area (Å²) in [6, 6.07) is 0.118. The summed E-state index contributed by atoms with van der Waals surface area (Å²) in [6.07, 6.45) is 5.84. The number of rotatable bonds is 6. The van der Waals surface area contributed by atoms with Gasteiger partial charge in [-0.15, -0.1) is 11.3 Å². The minimum absolute atomic E-state index is 0.0111. The van der Waals surface area contributed by atoms with Gasteiger partial charge in [0.25, 0.3) is 0 Å². The molecule has 1 aliphatic rings. The number of hydrogen-bond donors (Lipinski definition) is 2. The Morgan fingerprint density at radius 3 is 2.72 bits per heavy atom.